The number of carbonyl (C=O) groups excluding carboxylic acids is 1. The van der Waals surface area contributed by atoms with E-state index in [9.17, 15) is 14.7 Å². The van der Waals surface area contributed by atoms with E-state index in [1.54, 1.807) is 36.1 Å². The van der Waals surface area contributed by atoms with Crippen LogP contribution in [0.25, 0.3) is 0 Å². The van der Waals surface area contributed by atoms with Gasteiger partial charge in [-0.2, -0.15) is 0 Å². The van der Waals surface area contributed by atoms with Gasteiger partial charge in [-0.25, -0.2) is 9.59 Å². The molecule has 0 aromatic heterocycles. The van der Waals surface area contributed by atoms with Crippen molar-refractivity contribution in [2.45, 2.75) is 45.8 Å². The first-order chi connectivity index (χ1) is 20.2. The molecule has 0 fully saturated rings. The summed E-state index contributed by atoms with van der Waals surface area (Å²) < 4.78 is 22.6. The molecule has 1 atom stereocenters. The summed E-state index contributed by atoms with van der Waals surface area (Å²) in [4.78, 5) is 26.0. The fourth-order valence-electron chi connectivity index (χ4n) is 4.16. The molecule has 1 unspecified atom stereocenters. The van der Waals surface area contributed by atoms with Crippen LogP contribution in [-0.2, 0) is 27.3 Å². The van der Waals surface area contributed by atoms with Gasteiger partial charge in [-0.15, -0.1) is 0 Å². The summed E-state index contributed by atoms with van der Waals surface area (Å²) in [5.74, 6) is 0.104. The highest BCUT2D eigenvalue weighted by atomic mass is 35.5. The van der Waals surface area contributed by atoms with E-state index in [1.807, 2.05) is 49.4 Å². The highest BCUT2D eigenvalue weighted by Crippen LogP contribution is 2.20. The summed E-state index contributed by atoms with van der Waals surface area (Å²) in [6.07, 6.45) is 0.362. The Labute approximate surface area is 257 Å². The van der Waals surface area contributed by atoms with Crippen LogP contribution in [0.15, 0.2) is 66.7 Å². The predicted molar refractivity (Wildman–Crippen MR) is 163 cm³/mol. The van der Waals surface area contributed by atoms with Crippen LogP contribution >= 0.6 is 23.2 Å². The zero-order valence-electron chi connectivity index (χ0n) is 23.9. The molecule has 10 heteroatoms. The lowest BCUT2D eigenvalue weighted by Crippen LogP contribution is -2.37. The number of hydrogen-bond acceptors (Lipinski definition) is 6. The average Bonchev–Trinajstić information content (AvgIpc) is 2.94. The number of ether oxygens (including phenoxy) is 4. The molecule has 0 aliphatic rings. The molecule has 0 bridgehead atoms. The molecule has 226 valence electrons. The lowest BCUT2D eigenvalue weighted by molar-refractivity contribution is -0.149. The quantitative estimate of drug-likeness (QED) is 0.160. The predicted octanol–water partition coefficient (Wildman–Crippen LogP) is 7.21. The van der Waals surface area contributed by atoms with Crippen molar-refractivity contribution in [2.24, 2.45) is 0 Å². The molecule has 3 aromatic carbocycles. The largest absolute Gasteiger partial charge is 0.492 e. The van der Waals surface area contributed by atoms with Crippen LogP contribution in [0.2, 0.25) is 10.0 Å². The normalized spacial score (nSPS) is 11.6. The summed E-state index contributed by atoms with van der Waals surface area (Å²) in [5, 5.41) is 10.4. The van der Waals surface area contributed by atoms with E-state index in [1.165, 1.54) is 0 Å². The van der Waals surface area contributed by atoms with Crippen LogP contribution < -0.4 is 9.47 Å². The van der Waals surface area contributed by atoms with Gasteiger partial charge in [-0.1, -0.05) is 47.5 Å². The molecule has 0 saturated carbocycles. The third-order valence-corrected chi connectivity index (χ3v) is 6.66. The summed E-state index contributed by atoms with van der Waals surface area (Å²) >= 11 is 12.1. The van der Waals surface area contributed by atoms with Crippen molar-refractivity contribution in [3.05, 3.63) is 93.5 Å². The van der Waals surface area contributed by atoms with Gasteiger partial charge in [0, 0.05) is 36.2 Å². The highest BCUT2D eigenvalue weighted by Gasteiger charge is 2.18. The Kier molecular flexibility index (Phi) is 13.9. The Bertz CT molecular complexity index is 1270. The molecular weight excluding hydrogens is 581 g/mol. The molecule has 8 nitrogen and oxygen atoms in total. The third-order valence-electron chi connectivity index (χ3n) is 6.23. The van der Waals surface area contributed by atoms with Crippen LogP contribution in [-0.4, -0.2) is 61.1 Å². The number of aliphatic carboxylic acids is 1. The van der Waals surface area contributed by atoms with Gasteiger partial charge < -0.3 is 29.0 Å². The van der Waals surface area contributed by atoms with Crippen molar-refractivity contribution in [1.82, 2.24) is 4.90 Å². The molecule has 1 N–H and O–H groups in total. The van der Waals surface area contributed by atoms with E-state index >= 15 is 0 Å². The molecule has 3 aromatic rings. The number of carbonyl (C=O) groups is 2. The van der Waals surface area contributed by atoms with E-state index < -0.39 is 18.2 Å². The van der Waals surface area contributed by atoms with Crippen molar-refractivity contribution in [1.29, 1.82) is 0 Å². The van der Waals surface area contributed by atoms with E-state index in [0.717, 1.165) is 23.1 Å². The SMILES string of the molecule is CCOC(Cc1ccc(OCCN(CCCCOCc2cc(Cl)cc(Cl)c2)C(=O)Oc2cccc(C)c2)cc1)C(=O)O. The van der Waals surface area contributed by atoms with Gasteiger partial charge in [-0.3, -0.25) is 0 Å². The first kappa shape index (κ1) is 33.2. The Morgan fingerprint density at radius 2 is 1.62 bits per heavy atom. The van der Waals surface area contributed by atoms with Gasteiger partial charge in [0.25, 0.3) is 0 Å². The maximum Gasteiger partial charge on any atom is 0.415 e. The van der Waals surface area contributed by atoms with Gasteiger partial charge >= 0.3 is 12.1 Å². The molecule has 0 saturated heterocycles. The minimum atomic E-state index is -0.993. The Balaban J connectivity index is 1.50. The van der Waals surface area contributed by atoms with Gasteiger partial charge in [0.05, 0.1) is 13.2 Å². The first-order valence-electron chi connectivity index (χ1n) is 13.9. The number of amides is 1. The number of carboxylic acids is 1. The molecule has 0 heterocycles. The van der Waals surface area contributed by atoms with Crippen LogP contribution in [0.5, 0.6) is 11.5 Å². The maximum absolute atomic E-state index is 13.0. The lowest BCUT2D eigenvalue weighted by Gasteiger charge is -2.22. The third kappa shape index (κ3) is 11.9. The zero-order chi connectivity index (χ0) is 30.3. The molecule has 0 radical (unpaired) electrons. The van der Waals surface area contributed by atoms with Crippen LogP contribution in [0, 0.1) is 6.92 Å². The second kappa shape index (κ2) is 17.6. The standard InChI is InChI=1S/C32H37Cl2NO7/c1-3-40-30(31(36)37)20-24-9-11-28(12-10-24)41-16-14-35(32(38)42-29-8-6-7-23(2)17-29)13-4-5-15-39-22-25-18-26(33)21-27(34)19-25/h6-12,17-19,21,30H,3-5,13-16,20,22H2,1-2H3,(H,36,37). The van der Waals surface area contributed by atoms with Crippen molar-refractivity contribution in [2.75, 3.05) is 32.9 Å². The van der Waals surface area contributed by atoms with Crippen LogP contribution in [0.3, 0.4) is 0 Å². The fraction of sp³-hybridized carbons (Fsp3) is 0.375. The molecule has 0 spiro atoms. The Morgan fingerprint density at radius 1 is 0.881 bits per heavy atom. The van der Waals surface area contributed by atoms with Crippen molar-refractivity contribution < 1.29 is 33.6 Å². The second-order valence-electron chi connectivity index (χ2n) is 9.69. The van der Waals surface area contributed by atoms with E-state index in [0.29, 0.717) is 60.9 Å². The van der Waals surface area contributed by atoms with Crippen molar-refractivity contribution in [3.63, 3.8) is 0 Å². The van der Waals surface area contributed by atoms with E-state index in [4.69, 9.17) is 42.1 Å². The number of rotatable bonds is 17. The van der Waals surface area contributed by atoms with Crippen molar-refractivity contribution >= 4 is 35.3 Å². The minimum absolute atomic E-state index is 0.255. The molecular formula is C32H37Cl2NO7. The number of aryl methyl sites for hydroxylation is 1. The van der Waals surface area contributed by atoms with Gasteiger partial charge in [0.2, 0.25) is 0 Å². The fourth-order valence-corrected chi connectivity index (χ4v) is 4.73. The number of unbranched alkanes of at least 4 members (excludes halogenated alkanes) is 1. The smallest absolute Gasteiger partial charge is 0.415 e. The number of carboxylic acid groups (broad SMARTS) is 1. The Hall–Kier alpha value is -3.30. The zero-order valence-corrected chi connectivity index (χ0v) is 25.4. The number of hydrogen-bond donors (Lipinski definition) is 1. The monoisotopic (exact) mass is 617 g/mol. The molecule has 42 heavy (non-hydrogen) atoms. The summed E-state index contributed by atoms with van der Waals surface area (Å²) in [5.41, 5.74) is 2.72. The van der Waals surface area contributed by atoms with Gasteiger partial charge in [0.1, 0.15) is 18.1 Å². The average molecular weight is 619 g/mol. The number of halogens is 2. The summed E-state index contributed by atoms with van der Waals surface area (Å²) in [7, 11) is 0. The first-order valence-corrected chi connectivity index (χ1v) is 14.6. The molecule has 0 aliphatic carbocycles. The second-order valence-corrected chi connectivity index (χ2v) is 10.6. The number of nitrogens with zero attached hydrogens (tertiary/aromatic N) is 1. The molecule has 1 amide bonds. The highest BCUT2D eigenvalue weighted by molar-refractivity contribution is 6.34. The lowest BCUT2D eigenvalue weighted by atomic mass is 10.1. The van der Waals surface area contributed by atoms with Gasteiger partial charge in [-0.05, 0) is 85.8 Å². The Morgan fingerprint density at radius 3 is 2.29 bits per heavy atom. The maximum atomic E-state index is 13.0. The van der Waals surface area contributed by atoms with Crippen LogP contribution in [0.4, 0.5) is 4.79 Å². The molecule has 0 aliphatic heterocycles. The van der Waals surface area contributed by atoms with E-state index in [-0.39, 0.29) is 13.0 Å². The van der Waals surface area contributed by atoms with E-state index in [2.05, 4.69) is 0 Å². The summed E-state index contributed by atoms with van der Waals surface area (Å²) in [6.45, 7) is 5.98. The summed E-state index contributed by atoms with van der Waals surface area (Å²) in [6, 6.07) is 19.8. The minimum Gasteiger partial charge on any atom is -0.492 e. The topological polar surface area (TPSA) is 94.5 Å². The number of benzene rings is 3. The molecule has 3 rings (SSSR count). The van der Waals surface area contributed by atoms with Gasteiger partial charge in [0.15, 0.2) is 6.10 Å². The van der Waals surface area contributed by atoms with Crippen molar-refractivity contribution in [3.8, 4) is 11.5 Å². The van der Waals surface area contributed by atoms with Crippen LogP contribution in [0.1, 0.15) is 36.5 Å².